The third-order valence-corrected chi connectivity index (χ3v) is 7.50. The van der Waals surface area contributed by atoms with E-state index in [4.69, 9.17) is 19.6 Å². The maximum absolute atomic E-state index is 12.3. The molecule has 0 aliphatic heterocycles. The number of ether oxygens (including phenoxy) is 2. The number of aromatic nitrogens is 3. The van der Waals surface area contributed by atoms with Gasteiger partial charge in [-0.25, -0.2) is 19.7 Å². The number of aliphatic hydroxyl groups is 1. The minimum Gasteiger partial charge on any atom is -0.496 e. The van der Waals surface area contributed by atoms with Gasteiger partial charge in [0, 0.05) is 42.6 Å². The summed E-state index contributed by atoms with van der Waals surface area (Å²) in [5.41, 5.74) is 4.31. The van der Waals surface area contributed by atoms with E-state index in [1.54, 1.807) is 44.2 Å². The molecule has 8 nitrogen and oxygen atoms in total. The first-order chi connectivity index (χ1) is 19.5. The van der Waals surface area contributed by atoms with E-state index < -0.39 is 16.1 Å². The number of carbonyl (C=O) groups excluding carboxylic acids is 1. The van der Waals surface area contributed by atoms with Gasteiger partial charge in [0.1, 0.15) is 18.2 Å². The standard InChI is InChI=1S/C30H40N4O4S.C2H6/c1-9-12-24(26(10-2)37-5)27-25-18-23(21-13-11-14-22(17-21)28(35)30(36)33(3)4)19-31-29(25)34(32-27)20-38-15-16-39(6,7)8;1-2/h9-14,17-19,28,35H,2,15-16,20H2,1,3-8H3;1-2H3/b12-9-,26-24-;. The summed E-state index contributed by atoms with van der Waals surface area (Å²) in [4.78, 5) is 18.5. The van der Waals surface area contributed by atoms with Crippen molar-refractivity contribution >= 4 is 32.5 Å². The van der Waals surface area contributed by atoms with Gasteiger partial charge < -0.3 is 19.5 Å². The molecule has 0 saturated heterocycles. The first-order valence-electron chi connectivity index (χ1n) is 13.6. The van der Waals surface area contributed by atoms with Crippen LogP contribution >= 0.6 is 10.0 Å². The molecule has 0 aliphatic carbocycles. The fourth-order valence-electron chi connectivity index (χ4n) is 3.99. The molecule has 1 aromatic carbocycles. The number of aliphatic hydroxyl groups excluding tert-OH is 1. The summed E-state index contributed by atoms with van der Waals surface area (Å²) in [5, 5.41) is 16.3. The molecule has 1 N–H and O–H groups in total. The molecular weight excluding hydrogens is 536 g/mol. The summed E-state index contributed by atoms with van der Waals surface area (Å²) in [5.74, 6) is 1.22. The zero-order valence-corrected chi connectivity index (χ0v) is 26.8. The van der Waals surface area contributed by atoms with E-state index in [0.29, 0.717) is 29.3 Å². The van der Waals surface area contributed by atoms with Gasteiger partial charge in [0.2, 0.25) is 0 Å². The minimum atomic E-state index is -1.25. The van der Waals surface area contributed by atoms with Crippen LogP contribution in [0.1, 0.15) is 38.1 Å². The number of nitrogens with zero attached hydrogens (tertiary/aromatic N) is 4. The third-order valence-electron chi connectivity index (χ3n) is 6.11. The van der Waals surface area contributed by atoms with Crippen LogP contribution in [0, 0.1) is 0 Å². The van der Waals surface area contributed by atoms with E-state index in [-0.39, 0.29) is 12.6 Å². The number of amides is 1. The Bertz CT molecular complexity index is 1390. The average Bonchev–Trinajstić information content (AvgIpc) is 3.32. The molecule has 0 aliphatic rings. The number of hydrogen-bond donors (Lipinski definition) is 1. The molecule has 2 heterocycles. The molecule has 0 radical (unpaired) electrons. The normalized spacial score (nSPS) is 13.3. The van der Waals surface area contributed by atoms with Crippen molar-refractivity contribution in [3.8, 4) is 11.1 Å². The lowest BCUT2D eigenvalue weighted by molar-refractivity contribution is -0.137. The van der Waals surface area contributed by atoms with Gasteiger partial charge in [-0.2, -0.15) is 5.10 Å². The third kappa shape index (κ3) is 8.79. The Morgan fingerprint density at radius 2 is 1.90 bits per heavy atom. The Labute approximate surface area is 246 Å². The number of carbonyl (C=O) groups is 1. The number of benzene rings is 1. The highest BCUT2D eigenvalue weighted by Gasteiger charge is 2.21. The second kappa shape index (κ2) is 15.6. The fraction of sp³-hybridized carbons (Fsp3) is 0.406. The van der Waals surface area contributed by atoms with Crippen LogP contribution in [0.4, 0.5) is 0 Å². The van der Waals surface area contributed by atoms with E-state index in [9.17, 15) is 9.90 Å². The number of methoxy groups -OCH3 is 1. The smallest absolute Gasteiger partial charge is 0.255 e. The van der Waals surface area contributed by atoms with Crippen molar-refractivity contribution in [2.45, 2.75) is 33.6 Å². The molecule has 1 atom stereocenters. The largest absolute Gasteiger partial charge is 0.496 e. The lowest BCUT2D eigenvalue weighted by Crippen LogP contribution is -2.28. The predicted octanol–water partition coefficient (Wildman–Crippen LogP) is 6.03. The van der Waals surface area contributed by atoms with Gasteiger partial charge in [0.05, 0.1) is 13.7 Å². The highest BCUT2D eigenvalue weighted by molar-refractivity contribution is 8.32. The number of likely N-dealkylation sites (N-methyl/N-ethyl adjacent to an activating group) is 1. The van der Waals surface area contributed by atoms with E-state index in [2.05, 4.69) is 25.3 Å². The number of pyridine rings is 1. The van der Waals surface area contributed by atoms with Crippen LogP contribution in [0.3, 0.4) is 0 Å². The molecule has 9 heteroatoms. The second-order valence-electron chi connectivity index (χ2n) is 10.2. The van der Waals surface area contributed by atoms with Crippen molar-refractivity contribution in [3.05, 3.63) is 78.4 Å². The first kappa shape index (κ1) is 33.8. The Balaban J connectivity index is 0.00000287. The Morgan fingerprint density at radius 1 is 1.20 bits per heavy atom. The van der Waals surface area contributed by atoms with Crippen molar-refractivity contribution in [2.24, 2.45) is 0 Å². The van der Waals surface area contributed by atoms with Gasteiger partial charge in [0.15, 0.2) is 11.8 Å². The summed E-state index contributed by atoms with van der Waals surface area (Å²) in [6, 6.07) is 9.31. The van der Waals surface area contributed by atoms with E-state index in [0.717, 1.165) is 27.8 Å². The van der Waals surface area contributed by atoms with E-state index >= 15 is 0 Å². The van der Waals surface area contributed by atoms with Crippen LogP contribution in [0.15, 0.2) is 67.1 Å². The van der Waals surface area contributed by atoms with Crippen molar-refractivity contribution in [1.82, 2.24) is 19.7 Å². The van der Waals surface area contributed by atoms with E-state index in [1.165, 1.54) is 4.90 Å². The predicted molar refractivity (Wildman–Crippen MR) is 173 cm³/mol. The van der Waals surface area contributed by atoms with Gasteiger partial charge in [-0.15, -0.1) is 0 Å². The molecule has 0 bridgehead atoms. The lowest BCUT2D eigenvalue weighted by atomic mass is 9.99. The van der Waals surface area contributed by atoms with Gasteiger partial charge in [-0.05, 0) is 55.0 Å². The summed E-state index contributed by atoms with van der Waals surface area (Å²) >= 11 is 0. The molecule has 1 amide bonds. The molecule has 1 unspecified atom stereocenters. The molecule has 3 aromatic rings. The molecule has 41 heavy (non-hydrogen) atoms. The van der Waals surface area contributed by atoms with E-state index in [1.807, 2.05) is 57.2 Å². The summed E-state index contributed by atoms with van der Waals surface area (Å²) < 4.78 is 13.4. The summed E-state index contributed by atoms with van der Waals surface area (Å²) in [6.07, 6.45) is 12.8. The number of fused-ring (bicyclic) bond motifs is 1. The second-order valence-corrected chi connectivity index (χ2v) is 14.8. The fourth-order valence-corrected chi connectivity index (χ4v) is 4.61. The lowest BCUT2D eigenvalue weighted by Gasteiger charge is -2.24. The van der Waals surface area contributed by atoms with Crippen molar-refractivity contribution in [2.75, 3.05) is 52.3 Å². The molecule has 0 fully saturated rings. The molecule has 2 aromatic heterocycles. The average molecular weight is 583 g/mol. The Hall–Kier alpha value is -3.40. The highest BCUT2D eigenvalue weighted by atomic mass is 32.3. The van der Waals surface area contributed by atoms with Crippen LogP contribution in [-0.4, -0.2) is 83.0 Å². The quantitative estimate of drug-likeness (QED) is 0.159. The van der Waals surface area contributed by atoms with Crippen molar-refractivity contribution in [3.63, 3.8) is 0 Å². The molecule has 0 spiro atoms. The monoisotopic (exact) mass is 582 g/mol. The van der Waals surface area contributed by atoms with Gasteiger partial charge in [-0.3, -0.25) is 4.79 Å². The maximum Gasteiger partial charge on any atom is 0.255 e. The zero-order valence-electron chi connectivity index (χ0n) is 26.0. The SMILES string of the molecule is C=C/C(OC)=C(\C=C/C)c1nn(COCCS(C)(C)C)c2ncc(-c3cccc(C(O)C(=O)N(C)C)c3)cc12.CC. The minimum absolute atomic E-state index is 0.270. The van der Waals surface area contributed by atoms with Gasteiger partial charge in [-0.1, -0.05) is 50.8 Å². The molecular formula is C32H46N4O4S. The first-order valence-corrected chi connectivity index (χ1v) is 16.7. The van der Waals surface area contributed by atoms with Crippen LogP contribution in [0.25, 0.3) is 27.7 Å². The van der Waals surface area contributed by atoms with Crippen LogP contribution in [0.2, 0.25) is 0 Å². The zero-order chi connectivity index (χ0) is 30.7. The Morgan fingerprint density at radius 3 is 2.49 bits per heavy atom. The topological polar surface area (TPSA) is 89.7 Å². The molecule has 3 rings (SSSR count). The van der Waals surface area contributed by atoms with Crippen LogP contribution < -0.4 is 0 Å². The van der Waals surface area contributed by atoms with Crippen molar-refractivity contribution in [1.29, 1.82) is 0 Å². The van der Waals surface area contributed by atoms with Crippen LogP contribution in [-0.2, 0) is 21.0 Å². The maximum atomic E-state index is 12.3. The summed E-state index contributed by atoms with van der Waals surface area (Å²) in [6.45, 7) is 10.7. The van der Waals surface area contributed by atoms with Gasteiger partial charge in [0.25, 0.3) is 5.91 Å². The van der Waals surface area contributed by atoms with Gasteiger partial charge >= 0.3 is 0 Å². The number of hydrogen-bond acceptors (Lipinski definition) is 6. The highest BCUT2D eigenvalue weighted by Crippen LogP contribution is 2.34. The Kier molecular flexibility index (Phi) is 12.8. The number of allylic oxidation sites excluding steroid dienone is 4. The molecule has 0 saturated carbocycles. The number of rotatable bonds is 12. The molecule has 224 valence electrons. The van der Waals surface area contributed by atoms with Crippen LogP contribution in [0.5, 0.6) is 0 Å². The summed E-state index contributed by atoms with van der Waals surface area (Å²) in [7, 11) is 4.18. The van der Waals surface area contributed by atoms with Crippen molar-refractivity contribution < 1.29 is 19.4 Å².